The molecule has 76 valence electrons. The molecule has 2 aromatic carbocycles. The van der Waals surface area contributed by atoms with E-state index in [4.69, 9.17) is 4.74 Å². The number of benzene rings is 2. The van der Waals surface area contributed by atoms with Gasteiger partial charge in [0.1, 0.15) is 0 Å². The maximum atomic E-state index is 5.24. The monoisotopic (exact) mass is 198 g/mol. The van der Waals surface area contributed by atoms with Crippen LogP contribution in [0.25, 0.3) is 10.8 Å². The number of hydrogen-bond donors (Lipinski definition) is 0. The first kappa shape index (κ1) is 8.93. The van der Waals surface area contributed by atoms with Gasteiger partial charge in [0, 0.05) is 0 Å². The van der Waals surface area contributed by atoms with Crippen LogP contribution in [0, 0.1) is 0 Å². The molecule has 0 saturated carbocycles. The van der Waals surface area contributed by atoms with Crippen LogP contribution in [0.1, 0.15) is 12.0 Å². The second-order valence-electron chi connectivity index (χ2n) is 4.13. The van der Waals surface area contributed by atoms with Crippen LogP contribution in [0.15, 0.2) is 42.5 Å². The summed E-state index contributed by atoms with van der Waals surface area (Å²) in [4.78, 5) is 0. The van der Waals surface area contributed by atoms with E-state index >= 15 is 0 Å². The Labute approximate surface area is 89.7 Å². The minimum absolute atomic E-state index is 0.531. The fourth-order valence-electron chi connectivity index (χ4n) is 2.06. The minimum Gasteiger partial charge on any atom is -0.373 e. The SMILES string of the molecule is c1ccc2c(CCC3CO3)cccc2c1. The lowest BCUT2D eigenvalue weighted by Crippen LogP contribution is -1.92. The highest BCUT2D eigenvalue weighted by molar-refractivity contribution is 5.85. The Hall–Kier alpha value is -1.34. The smallest absolute Gasteiger partial charge is 0.0813 e. The highest BCUT2D eigenvalue weighted by Gasteiger charge is 2.21. The molecule has 1 saturated heterocycles. The Kier molecular flexibility index (Phi) is 2.18. The summed E-state index contributed by atoms with van der Waals surface area (Å²) >= 11 is 0. The third-order valence-corrected chi connectivity index (χ3v) is 3.02. The van der Waals surface area contributed by atoms with E-state index in [0.29, 0.717) is 6.10 Å². The number of epoxide rings is 1. The van der Waals surface area contributed by atoms with Crippen LogP contribution in [0.5, 0.6) is 0 Å². The molecule has 1 unspecified atom stereocenters. The standard InChI is InChI=1S/C14H14O/c1-2-7-14-11(4-1)5-3-6-12(14)8-9-13-10-15-13/h1-7,13H,8-10H2. The van der Waals surface area contributed by atoms with E-state index in [9.17, 15) is 0 Å². The lowest BCUT2D eigenvalue weighted by molar-refractivity contribution is 0.397. The zero-order valence-corrected chi connectivity index (χ0v) is 8.65. The molecule has 1 heterocycles. The summed E-state index contributed by atoms with van der Waals surface area (Å²) < 4.78 is 5.24. The topological polar surface area (TPSA) is 12.5 Å². The van der Waals surface area contributed by atoms with Gasteiger partial charge in [-0.2, -0.15) is 0 Å². The van der Waals surface area contributed by atoms with Crippen molar-refractivity contribution in [2.24, 2.45) is 0 Å². The third-order valence-electron chi connectivity index (χ3n) is 3.02. The summed E-state index contributed by atoms with van der Waals surface area (Å²) in [5.74, 6) is 0. The largest absolute Gasteiger partial charge is 0.373 e. The van der Waals surface area contributed by atoms with Gasteiger partial charge in [-0.3, -0.25) is 0 Å². The summed E-state index contributed by atoms with van der Waals surface area (Å²) in [5, 5.41) is 2.73. The molecule has 0 aliphatic carbocycles. The number of hydrogen-bond acceptors (Lipinski definition) is 1. The molecule has 1 aliphatic heterocycles. The summed E-state index contributed by atoms with van der Waals surface area (Å²) in [7, 11) is 0. The van der Waals surface area contributed by atoms with Crippen molar-refractivity contribution in [1.82, 2.24) is 0 Å². The lowest BCUT2D eigenvalue weighted by atomic mass is 10.0. The van der Waals surface area contributed by atoms with Gasteiger partial charge in [0.25, 0.3) is 0 Å². The molecule has 0 spiro atoms. The van der Waals surface area contributed by atoms with E-state index in [1.54, 1.807) is 0 Å². The first-order valence-electron chi connectivity index (χ1n) is 5.52. The predicted octanol–water partition coefficient (Wildman–Crippen LogP) is 3.17. The molecule has 1 atom stereocenters. The molecule has 3 rings (SSSR count). The first-order valence-corrected chi connectivity index (χ1v) is 5.52. The molecule has 0 N–H and O–H groups in total. The second-order valence-corrected chi connectivity index (χ2v) is 4.13. The van der Waals surface area contributed by atoms with Crippen molar-refractivity contribution >= 4 is 10.8 Å². The first-order chi connectivity index (χ1) is 7.43. The number of ether oxygens (including phenoxy) is 1. The van der Waals surface area contributed by atoms with Crippen LogP contribution in [0.4, 0.5) is 0 Å². The molecule has 0 aromatic heterocycles. The summed E-state index contributed by atoms with van der Waals surface area (Å²) in [6.45, 7) is 0.963. The Morgan fingerprint density at radius 3 is 2.73 bits per heavy atom. The number of aryl methyl sites for hydroxylation is 1. The van der Waals surface area contributed by atoms with Crippen LogP contribution in [-0.2, 0) is 11.2 Å². The average molecular weight is 198 g/mol. The van der Waals surface area contributed by atoms with E-state index in [2.05, 4.69) is 42.5 Å². The van der Waals surface area contributed by atoms with E-state index in [1.165, 1.54) is 16.3 Å². The Balaban J connectivity index is 1.93. The second kappa shape index (κ2) is 3.67. The van der Waals surface area contributed by atoms with Crippen molar-refractivity contribution in [3.05, 3.63) is 48.0 Å². The molecule has 1 fully saturated rings. The van der Waals surface area contributed by atoms with E-state index in [0.717, 1.165) is 19.4 Å². The van der Waals surface area contributed by atoms with Crippen molar-refractivity contribution in [2.45, 2.75) is 18.9 Å². The zero-order valence-electron chi connectivity index (χ0n) is 8.65. The highest BCUT2D eigenvalue weighted by atomic mass is 16.6. The Morgan fingerprint density at radius 1 is 1.07 bits per heavy atom. The van der Waals surface area contributed by atoms with Crippen LogP contribution in [0.3, 0.4) is 0 Å². The van der Waals surface area contributed by atoms with Gasteiger partial charge in [0.05, 0.1) is 12.7 Å². The lowest BCUT2D eigenvalue weighted by Gasteiger charge is -2.04. The van der Waals surface area contributed by atoms with Gasteiger partial charge in [0.15, 0.2) is 0 Å². The van der Waals surface area contributed by atoms with E-state index in [1.807, 2.05) is 0 Å². The molecular formula is C14H14O. The minimum atomic E-state index is 0.531. The Bertz CT molecular complexity index is 466. The fraction of sp³-hybridized carbons (Fsp3) is 0.286. The quantitative estimate of drug-likeness (QED) is 0.690. The van der Waals surface area contributed by atoms with Gasteiger partial charge in [-0.1, -0.05) is 42.5 Å². The summed E-state index contributed by atoms with van der Waals surface area (Å²) in [6.07, 6.45) is 2.82. The zero-order chi connectivity index (χ0) is 10.1. The van der Waals surface area contributed by atoms with Gasteiger partial charge >= 0.3 is 0 Å². The van der Waals surface area contributed by atoms with Crippen LogP contribution >= 0.6 is 0 Å². The number of rotatable bonds is 3. The normalized spacial score (nSPS) is 19.3. The van der Waals surface area contributed by atoms with Gasteiger partial charge in [0.2, 0.25) is 0 Å². The van der Waals surface area contributed by atoms with Gasteiger partial charge in [-0.15, -0.1) is 0 Å². The predicted molar refractivity (Wildman–Crippen MR) is 62.0 cm³/mol. The molecule has 15 heavy (non-hydrogen) atoms. The van der Waals surface area contributed by atoms with Gasteiger partial charge in [-0.05, 0) is 29.2 Å². The van der Waals surface area contributed by atoms with Crippen molar-refractivity contribution in [1.29, 1.82) is 0 Å². The maximum absolute atomic E-state index is 5.24. The summed E-state index contributed by atoms with van der Waals surface area (Å²) in [5.41, 5.74) is 1.45. The maximum Gasteiger partial charge on any atom is 0.0813 e. The van der Waals surface area contributed by atoms with E-state index in [-0.39, 0.29) is 0 Å². The van der Waals surface area contributed by atoms with Crippen molar-refractivity contribution in [3.63, 3.8) is 0 Å². The van der Waals surface area contributed by atoms with Gasteiger partial charge in [-0.25, -0.2) is 0 Å². The highest BCUT2D eigenvalue weighted by Crippen LogP contribution is 2.22. The van der Waals surface area contributed by atoms with Crippen molar-refractivity contribution in [3.8, 4) is 0 Å². The van der Waals surface area contributed by atoms with Gasteiger partial charge < -0.3 is 4.74 Å². The molecular weight excluding hydrogens is 184 g/mol. The molecule has 0 radical (unpaired) electrons. The molecule has 2 aromatic rings. The molecule has 0 amide bonds. The molecule has 0 bridgehead atoms. The molecule has 1 aliphatic rings. The Morgan fingerprint density at radius 2 is 1.87 bits per heavy atom. The third kappa shape index (κ3) is 1.88. The average Bonchev–Trinajstić information content (AvgIpc) is 3.10. The van der Waals surface area contributed by atoms with Crippen LogP contribution < -0.4 is 0 Å². The van der Waals surface area contributed by atoms with Crippen LogP contribution in [-0.4, -0.2) is 12.7 Å². The van der Waals surface area contributed by atoms with Crippen LogP contribution in [0.2, 0.25) is 0 Å². The number of fused-ring (bicyclic) bond motifs is 1. The molecule has 1 nitrogen and oxygen atoms in total. The van der Waals surface area contributed by atoms with E-state index < -0.39 is 0 Å². The summed E-state index contributed by atoms with van der Waals surface area (Å²) in [6, 6.07) is 15.1. The molecule has 1 heteroatoms. The fourth-order valence-corrected chi connectivity index (χ4v) is 2.06. The van der Waals surface area contributed by atoms with Crippen molar-refractivity contribution < 1.29 is 4.74 Å². The van der Waals surface area contributed by atoms with Crippen molar-refractivity contribution in [2.75, 3.05) is 6.61 Å².